The average molecular weight is 193 g/mol. The van der Waals surface area contributed by atoms with Crippen molar-refractivity contribution >= 4 is 5.82 Å². The summed E-state index contributed by atoms with van der Waals surface area (Å²) in [5.74, 6) is 0.948. The van der Waals surface area contributed by atoms with Crippen molar-refractivity contribution in [2.24, 2.45) is 11.7 Å². The van der Waals surface area contributed by atoms with E-state index in [0.717, 1.165) is 16.8 Å². The first-order valence-corrected chi connectivity index (χ1v) is 4.92. The monoisotopic (exact) mass is 193 g/mol. The van der Waals surface area contributed by atoms with Crippen LogP contribution < -0.4 is 11.5 Å². The van der Waals surface area contributed by atoms with Gasteiger partial charge in [0.1, 0.15) is 5.82 Å². The molecule has 0 aliphatic heterocycles. The highest BCUT2D eigenvalue weighted by atomic mass is 14.9. The van der Waals surface area contributed by atoms with Crippen molar-refractivity contribution in [2.45, 2.75) is 33.7 Å². The molecule has 0 radical (unpaired) electrons. The van der Waals surface area contributed by atoms with Gasteiger partial charge in [0.2, 0.25) is 0 Å². The number of pyridine rings is 1. The maximum atomic E-state index is 6.07. The molecule has 78 valence electrons. The van der Waals surface area contributed by atoms with Gasteiger partial charge in [0.15, 0.2) is 0 Å². The second-order valence-corrected chi connectivity index (χ2v) is 4.15. The van der Waals surface area contributed by atoms with E-state index in [1.807, 2.05) is 19.9 Å². The van der Waals surface area contributed by atoms with Gasteiger partial charge in [0.05, 0.1) is 0 Å². The van der Waals surface area contributed by atoms with E-state index >= 15 is 0 Å². The van der Waals surface area contributed by atoms with Gasteiger partial charge < -0.3 is 11.5 Å². The fourth-order valence-electron chi connectivity index (χ4n) is 1.64. The molecule has 1 rings (SSSR count). The number of aryl methyl sites for hydroxylation is 2. The van der Waals surface area contributed by atoms with Gasteiger partial charge in [-0.2, -0.15) is 0 Å². The minimum absolute atomic E-state index is 0.0249. The molecule has 0 saturated carbocycles. The summed E-state index contributed by atoms with van der Waals surface area (Å²) in [5, 5.41) is 0. The fourth-order valence-corrected chi connectivity index (χ4v) is 1.64. The second-order valence-electron chi connectivity index (χ2n) is 4.15. The molecule has 0 amide bonds. The summed E-state index contributed by atoms with van der Waals surface area (Å²) in [4.78, 5) is 4.24. The molecule has 0 saturated heterocycles. The molecule has 0 unspecified atom stereocenters. The van der Waals surface area contributed by atoms with Crippen LogP contribution in [0.2, 0.25) is 0 Å². The highest BCUT2D eigenvalue weighted by Crippen LogP contribution is 2.26. The summed E-state index contributed by atoms with van der Waals surface area (Å²) in [6.07, 6.45) is 0. The minimum atomic E-state index is -0.0249. The van der Waals surface area contributed by atoms with Gasteiger partial charge in [-0.3, -0.25) is 0 Å². The number of anilines is 1. The number of nitrogens with zero attached hydrogens (tertiary/aromatic N) is 1. The highest BCUT2D eigenvalue weighted by molar-refractivity contribution is 5.47. The maximum absolute atomic E-state index is 6.07. The normalized spacial score (nSPS) is 13.3. The molecule has 14 heavy (non-hydrogen) atoms. The first kappa shape index (κ1) is 11.0. The van der Waals surface area contributed by atoms with Crippen molar-refractivity contribution < 1.29 is 0 Å². The van der Waals surface area contributed by atoms with E-state index in [1.165, 1.54) is 0 Å². The van der Waals surface area contributed by atoms with Gasteiger partial charge in [-0.05, 0) is 31.4 Å². The summed E-state index contributed by atoms with van der Waals surface area (Å²) < 4.78 is 0. The lowest BCUT2D eigenvalue weighted by molar-refractivity contribution is 0.512. The quantitative estimate of drug-likeness (QED) is 0.754. The molecular weight excluding hydrogens is 174 g/mol. The van der Waals surface area contributed by atoms with Gasteiger partial charge in [-0.15, -0.1) is 0 Å². The Labute approximate surface area is 85.5 Å². The van der Waals surface area contributed by atoms with Crippen LogP contribution in [0, 0.1) is 19.8 Å². The fraction of sp³-hybridized carbons (Fsp3) is 0.545. The van der Waals surface area contributed by atoms with Crippen molar-refractivity contribution in [3.63, 3.8) is 0 Å². The van der Waals surface area contributed by atoms with Crippen LogP contribution in [-0.4, -0.2) is 4.98 Å². The van der Waals surface area contributed by atoms with Crippen molar-refractivity contribution in [3.05, 3.63) is 22.9 Å². The third-order valence-electron chi connectivity index (χ3n) is 2.47. The molecule has 1 atom stereocenters. The van der Waals surface area contributed by atoms with Crippen molar-refractivity contribution in [2.75, 3.05) is 5.73 Å². The molecular formula is C11H19N3. The number of nitrogen functional groups attached to an aromatic ring is 1. The molecule has 3 nitrogen and oxygen atoms in total. The molecule has 0 aliphatic rings. The molecule has 4 N–H and O–H groups in total. The van der Waals surface area contributed by atoms with Gasteiger partial charge in [-0.25, -0.2) is 4.98 Å². The number of nitrogens with two attached hydrogens (primary N) is 2. The third kappa shape index (κ3) is 2.04. The summed E-state index contributed by atoms with van der Waals surface area (Å²) in [7, 11) is 0. The van der Waals surface area contributed by atoms with E-state index in [0.29, 0.717) is 11.7 Å². The van der Waals surface area contributed by atoms with Crippen molar-refractivity contribution in [3.8, 4) is 0 Å². The zero-order chi connectivity index (χ0) is 10.9. The summed E-state index contributed by atoms with van der Waals surface area (Å²) in [6, 6.07) is 2.00. The lowest BCUT2D eigenvalue weighted by Crippen LogP contribution is -2.20. The van der Waals surface area contributed by atoms with Gasteiger partial charge in [0.25, 0.3) is 0 Å². The number of rotatable bonds is 2. The lowest BCUT2D eigenvalue weighted by Gasteiger charge is -2.20. The molecule has 0 aliphatic carbocycles. The van der Waals surface area contributed by atoms with Gasteiger partial charge >= 0.3 is 0 Å². The van der Waals surface area contributed by atoms with Crippen LogP contribution in [0.25, 0.3) is 0 Å². The second kappa shape index (κ2) is 3.96. The zero-order valence-electron chi connectivity index (χ0n) is 9.33. The predicted octanol–water partition coefficient (Wildman–Crippen LogP) is 1.94. The largest absolute Gasteiger partial charge is 0.383 e. The number of aromatic nitrogens is 1. The predicted molar refractivity (Wildman–Crippen MR) is 59.9 cm³/mol. The smallest absolute Gasteiger partial charge is 0.128 e. The van der Waals surface area contributed by atoms with E-state index in [2.05, 4.69) is 18.8 Å². The Morgan fingerprint density at radius 1 is 1.29 bits per heavy atom. The zero-order valence-corrected chi connectivity index (χ0v) is 9.33. The van der Waals surface area contributed by atoms with E-state index in [1.54, 1.807) is 0 Å². The van der Waals surface area contributed by atoms with Crippen molar-refractivity contribution in [1.29, 1.82) is 0 Å². The molecule has 1 aromatic rings. The third-order valence-corrected chi connectivity index (χ3v) is 2.47. The number of hydrogen-bond acceptors (Lipinski definition) is 3. The highest BCUT2D eigenvalue weighted by Gasteiger charge is 2.16. The molecule has 0 fully saturated rings. The molecule has 0 aromatic carbocycles. The van der Waals surface area contributed by atoms with Crippen LogP contribution in [0.1, 0.15) is 36.7 Å². The van der Waals surface area contributed by atoms with E-state index < -0.39 is 0 Å². The minimum Gasteiger partial charge on any atom is -0.383 e. The van der Waals surface area contributed by atoms with Crippen LogP contribution in [0.3, 0.4) is 0 Å². The first-order valence-electron chi connectivity index (χ1n) is 4.92. The van der Waals surface area contributed by atoms with Crippen LogP contribution in [0.4, 0.5) is 5.82 Å². The Hall–Kier alpha value is -1.09. The standard InChI is InChI=1S/C11H19N3/c1-6(2)10(12)9-7(3)5-8(4)14-11(9)13/h5-6,10H,12H2,1-4H3,(H2,13,14)/t10-/m1/s1. The molecule has 3 heteroatoms. The number of hydrogen-bond donors (Lipinski definition) is 2. The summed E-state index contributed by atoms with van der Waals surface area (Å²) in [5.41, 5.74) is 15.0. The Balaban J connectivity index is 3.20. The van der Waals surface area contributed by atoms with Gasteiger partial charge in [0, 0.05) is 17.3 Å². The Morgan fingerprint density at radius 3 is 2.29 bits per heavy atom. The maximum Gasteiger partial charge on any atom is 0.128 e. The Morgan fingerprint density at radius 2 is 1.86 bits per heavy atom. The SMILES string of the molecule is Cc1cc(C)c([C@H](N)C(C)C)c(N)n1. The van der Waals surface area contributed by atoms with Crippen LogP contribution in [-0.2, 0) is 0 Å². The van der Waals surface area contributed by atoms with Gasteiger partial charge in [-0.1, -0.05) is 13.8 Å². The Bertz CT molecular complexity index is 308. The lowest BCUT2D eigenvalue weighted by atomic mass is 9.94. The molecule has 1 heterocycles. The van der Waals surface area contributed by atoms with Crippen LogP contribution in [0.5, 0.6) is 0 Å². The van der Waals surface area contributed by atoms with Crippen LogP contribution >= 0.6 is 0 Å². The average Bonchev–Trinajstić information content (AvgIpc) is 2.01. The Kier molecular flexibility index (Phi) is 3.11. The summed E-state index contributed by atoms with van der Waals surface area (Å²) in [6.45, 7) is 8.14. The van der Waals surface area contributed by atoms with E-state index in [-0.39, 0.29) is 6.04 Å². The summed E-state index contributed by atoms with van der Waals surface area (Å²) >= 11 is 0. The topological polar surface area (TPSA) is 64.9 Å². The van der Waals surface area contributed by atoms with E-state index in [9.17, 15) is 0 Å². The molecule has 0 bridgehead atoms. The molecule has 0 spiro atoms. The van der Waals surface area contributed by atoms with E-state index in [4.69, 9.17) is 11.5 Å². The van der Waals surface area contributed by atoms with Crippen molar-refractivity contribution in [1.82, 2.24) is 4.98 Å². The molecule has 1 aromatic heterocycles. The first-order chi connectivity index (χ1) is 6.43. The van der Waals surface area contributed by atoms with Crippen LogP contribution in [0.15, 0.2) is 6.07 Å².